The third-order valence-corrected chi connectivity index (χ3v) is 2.38. The summed E-state index contributed by atoms with van der Waals surface area (Å²) < 4.78 is 0. The van der Waals surface area contributed by atoms with Crippen molar-refractivity contribution in [3.63, 3.8) is 0 Å². The Kier molecular flexibility index (Phi) is 2.81. The van der Waals surface area contributed by atoms with Crippen LogP contribution in [0.4, 0.5) is 0 Å². The molecule has 0 aliphatic rings. The first-order valence-electron chi connectivity index (χ1n) is 4.56. The Morgan fingerprint density at radius 1 is 1.54 bits per heavy atom. The Morgan fingerprint density at radius 3 is 2.77 bits per heavy atom. The van der Waals surface area contributed by atoms with Gasteiger partial charge in [0.2, 0.25) is 0 Å². The molecule has 0 aliphatic heterocycles. The highest BCUT2D eigenvalue weighted by Gasteiger charge is 2.20. The summed E-state index contributed by atoms with van der Waals surface area (Å²) in [6.45, 7) is 10.1. The normalized spacial score (nSPS) is 11.3. The molecule has 0 amide bonds. The van der Waals surface area contributed by atoms with Crippen molar-refractivity contribution in [2.45, 2.75) is 32.6 Å². The summed E-state index contributed by atoms with van der Waals surface area (Å²) in [5.74, 6) is 0.896. The third kappa shape index (κ3) is 2.14. The van der Waals surface area contributed by atoms with Crippen LogP contribution in [0.15, 0.2) is 18.8 Å². The molecule has 0 radical (unpaired) electrons. The fourth-order valence-electron chi connectivity index (χ4n) is 0.971. The van der Waals surface area contributed by atoms with Crippen LogP contribution in [0.25, 0.3) is 6.08 Å². The van der Waals surface area contributed by atoms with Gasteiger partial charge in [-0.05, 0) is 18.6 Å². The lowest BCUT2D eigenvalue weighted by atomic mass is 9.89. The Morgan fingerprint density at radius 2 is 2.23 bits per heavy atom. The highest BCUT2D eigenvalue weighted by Crippen LogP contribution is 2.22. The first-order chi connectivity index (χ1) is 6.10. The van der Waals surface area contributed by atoms with E-state index in [9.17, 15) is 0 Å². The van der Waals surface area contributed by atoms with Crippen molar-refractivity contribution < 1.29 is 0 Å². The maximum absolute atomic E-state index is 4.40. The Balaban J connectivity index is 3.08. The van der Waals surface area contributed by atoms with E-state index in [0.29, 0.717) is 0 Å². The Hall–Kier alpha value is -1.18. The second kappa shape index (κ2) is 3.69. The maximum Gasteiger partial charge on any atom is 0.134 e. The van der Waals surface area contributed by atoms with E-state index in [1.165, 1.54) is 0 Å². The largest absolute Gasteiger partial charge is 0.241 e. The van der Waals surface area contributed by atoms with Crippen LogP contribution in [-0.2, 0) is 5.41 Å². The van der Waals surface area contributed by atoms with Crippen molar-refractivity contribution >= 4 is 6.08 Å². The molecule has 0 saturated heterocycles. The maximum atomic E-state index is 4.40. The number of hydrogen-bond donors (Lipinski definition) is 0. The zero-order valence-corrected chi connectivity index (χ0v) is 8.54. The monoisotopic (exact) mass is 176 g/mol. The van der Waals surface area contributed by atoms with Crippen LogP contribution >= 0.6 is 0 Å². The molecule has 1 aromatic heterocycles. The van der Waals surface area contributed by atoms with Gasteiger partial charge in [0.05, 0.1) is 5.69 Å². The van der Waals surface area contributed by atoms with Crippen LogP contribution in [0.3, 0.4) is 0 Å². The van der Waals surface area contributed by atoms with E-state index in [4.69, 9.17) is 0 Å². The number of hydrogen-bond acceptors (Lipinski definition) is 2. The molecular weight excluding hydrogens is 160 g/mol. The lowest BCUT2D eigenvalue weighted by Gasteiger charge is -2.20. The van der Waals surface area contributed by atoms with Gasteiger partial charge in [-0.15, -0.1) is 0 Å². The molecule has 0 aromatic carbocycles. The molecule has 1 aromatic rings. The van der Waals surface area contributed by atoms with E-state index in [-0.39, 0.29) is 5.41 Å². The predicted molar refractivity (Wildman–Crippen MR) is 55.4 cm³/mol. The van der Waals surface area contributed by atoms with Gasteiger partial charge in [0.1, 0.15) is 5.82 Å². The van der Waals surface area contributed by atoms with Crippen molar-refractivity contribution in [1.29, 1.82) is 0 Å². The molecule has 1 heterocycles. The number of nitrogens with zero attached hydrogens (tertiary/aromatic N) is 2. The highest BCUT2D eigenvalue weighted by atomic mass is 14.9. The van der Waals surface area contributed by atoms with Gasteiger partial charge in [-0.25, -0.2) is 9.97 Å². The van der Waals surface area contributed by atoms with E-state index >= 15 is 0 Å². The first kappa shape index (κ1) is 9.90. The van der Waals surface area contributed by atoms with Crippen molar-refractivity contribution in [2.24, 2.45) is 0 Å². The smallest absolute Gasteiger partial charge is 0.134 e. The summed E-state index contributed by atoms with van der Waals surface area (Å²) in [5, 5.41) is 0. The Bertz CT molecular complexity index is 303. The third-order valence-electron chi connectivity index (χ3n) is 2.38. The SMILES string of the molecule is C=Cc1ccnc(C(C)(C)CC)n1. The summed E-state index contributed by atoms with van der Waals surface area (Å²) >= 11 is 0. The lowest BCUT2D eigenvalue weighted by Crippen LogP contribution is -2.19. The zero-order valence-electron chi connectivity index (χ0n) is 8.54. The molecule has 13 heavy (non-hydrogen) atoms. The second-order valence-electron chi connectivity index (χ2n) is 3.75. The topological polar surface area (TPSA) is 25.8 Å². The van der Waals surface area contributed by atoms with E-state index in [0.717, 1.165) is 17.9 Å². The van der Waals surface area contributed by atoms with Gasteiger partial charge in [-0.3, -0.25) is 0 Å². The molecule has 0 unspecified atom stereocenters. The molecule has 0 saturated carbocycles. The standard InChI is InChI=1S/C11H16N2/c1-5-9-7-8-12-10(13-9)11(3,4)6-2/h5,7-8H,1,6H2,2-4H3. The van der Waals surface area contributed by atoms with Crippen LogP contribution in [0.5, 0.6) is 0 Å². The minimum Gasteiger partial charge on any atom is -0.241 e. The first-order valence-corrected chi connectivity index (χ1v) is 4.56. The molecule has 70 valence electrons. The minimum absolute atomic E-state index is 0.0546. The molecule has 0 bridgehead atoms. The van der Waals surface area contributed by atoms with Crippen molar-refractivity contribution in [2.75, 3.05) is 0 Å². The van der Waals surface area contributed by atoms with Gasteiger partial charge in [-0.2, -0.15) is 0 Å². The quantitative estimate of drug-likeness (QED) is 0.707. The molecule has 0 atom stereocenters. The molecule has 0 spiro atoms. The van der Waals surface area contributed by atoms with Crippen molar-refractivity contribution in [3.05, 3.63) is 30.4 Å². The van der Waals surface area contributed by atoms with Gasteiger partial charge in [-0.1, -0.05) is 27.4 Å². The van der Waals surface area contributed by atoms with Gasteiger partial charge in [0, 0.05) is 11.6 Å². The zero-order chi connectivity index (χ0) is 9.90. The van der Waals surface area contributed by atoms with Crippen LogP contribution in [0, 0.1) is 0 Å². The van der Waals surface area contributed by atoms with Crippen LogP contribution in [0.2, 0.25) is 0 Å². The molecule has 2 nitrogen and oxygen atoms in total. The van der Waals surface area contributed by atoms with Gasteiger partial charge in [0.25, 0.3) is 0 Å². The van der Waals surface area contributed by atoms with Crippen molar-refractivity contribution in [3.8, 4) is 0 Å². The van der Waals surface area contributed by atoms with E-state index in [1.54, 1.807) is 12.3 Å². The average molecular weight is 176 g/mol. The van der Waals surface area contributed by atoms with Crippen LogP contribution in [0.1, 0.15) is 38.7 Å². The summed E-state index contributed by atoms with van der Waals surface area (Å²) in [7, 11) is 0. The number of rotatable bonds is 3. The predicted octanol–water partition coefficient (Wildman–Crippen LogP) is 2.81. The molecule has 0 N–H and O–H groups in total. The fraction of sp³-hybridized carbons (Fsp3) is 0.455. The minimum atomic E-state index is 0.0546. The lowest BCUT2D eigenvalue weighted by molar-refractivity contribution is 0.472. The summed E-state index contributed by atoms with van der Waals surface area (Å²) in [5.41, 5.74) is 0.950. The second-order valence-corrected chi connectivity index (χ2v) is 3.75. The molecule has 1 rings (SSSR count). The van der Waals surface area contributed by atoms with E-state index in [1.807, 2.05) is 6.07 Å². The highest BCUT2D eigenvalue weighted by molar-refractivity contribution is 5.40. The van der Waals surface area contributed by atoms with E-state index in [2.05, 4.69) is 37.3 Å². The Labute approximate surface area is 79.7 Å². The van der Waals surface area contributed by atoms with Crippen LogP contribution in [-0.4, -0.2) is 9.97 Å². The summed E-state index contributed by atoms with van der Waals surface area (Å²) in [4.78, 5) is 8.68. The van der Waals surface area contributed by atoms with Gasteiger partial charge in [0.15, 0.2) is 0 Å². The van der Waals surface area contributed by atoms with Crippen LogP contribution < -0.4 is 0 Å². The number of aromatic nitrogens is 2. The fourth-order valence-corrected chi connectivity index (χ4v) is 0.971. The molecule has 2 heteroatoms. The van der Waals surface area contributed by atoms with Crippen molar-refractivity contribution in [1.82, 2.24) is 9.97 Å². The van der Waals surface area contributed by atoms with E-state index < -0.39 is 0 Å². The molecular formula is C11H16N2. The average Bonchev–Trinajstić information content (AvgIpc) is 2.18. The molecule has 0 aliphatic carbocycles. The summed E-state index contributed by atoms with van der Waals surface area (Å²) in [6.07, 6.45) is 4.57. The molecule has 0 fully saturated rings. The van der Waals surface area contributed by atoms with Gasteiger partial charge < -0.3 is 0 Å². The van der Waals surface area contributed by atoms with Gasteiger partial charge >= 0.3 is 0 Å². The summed E-state index contributed by atoms with van der Waals surface area (Å²) in [6, 6.07) is 1.86.